The Morgan fingerprint density at radius 2 is 2.00 bits per heavy atom. The minimum absolute atomic E-state index is 0.193. The molecular formula is C12H17IO. The van der Waals surface area contributed by atoms with Gasteiger partial charge in [-0.1, -0.05) is 47.8 Å². The molecule has 0 aromatic rings. The molecule has 78 valence electrons. The molecule has 0 aliphatic heterocycles. The van der Waals surface area contributed by atoms with Crippen molar-refractivity contribution in [2.45, 2.75) is 44.9 Å². The average molecular weight is 304 g/mol. The Labute approximate surface area is 100 Å². The van der Waals surface area contributed by atoms with E-state index in [-0.39, 0.29) is 11.7 Å². The summed E-state index contributed by atoms with van der Waals surface area (Å²) in [5.41, 5.74) is 0. The summed E-state index contributed by atoms with van der Waals surface area (Å²) < 4.78 is 1.13. The van der Waals surface area contributed by atoms with Gasteiger partial charge in [-0.05, 0) is 25.2 Å². The topological polar surface area (TPSA) is 17.1 Å². The van der Waals surface area contributed by atoms with E-state index >= 15 is 0 Å². The fourth-order valence-corrected chi connectivity index (χ4v) is 2.15. The van der Waals surface area contributed by atoms with Crippen molar-refractivity contribution in [3.05, 3.63) is 0 Å². The Morgan fingerprint density at radius 1 is 1.29 bits per heavy atom. The fourth-order valence-electron chi connectivity index (χ4n) is 1.77. The normalized spacial score (nSPS) is 17.2. The van der Waals surface area contributed by atoms with Crippen LogP contribution in [0.15, 0.2) is 0 Å². The van der Waals surface area contributed by atoms with Gasteiger partial charge in [-0.25, -0.2) is 0 Å². The Hall–Kier alpha value is -0.0400. The Bertz CT molecular complexity index is 230. The van der Waals surface area contributed by atoms with Crippen molar-refractivity contribution in [3.8, 4) is 11.8 Å². The molecule has 1 rings (SSSR count). The molecule has 1 nitrogen and oxygen atoms in total. The summed E-state index contributed by atoms with van der Waals surface area (Å²) in [6, 6.07) is 0. The van der Waals surface area contributed by atoms with Gasteiger partial charge in [0.15, 0.2) is 0 Å². The molecule has 1 fully saturated rings. The highest BCUT2D eigenvalue weighted by Gasteiger charge is 2.18. The van der Waals surface area contributed by atoms with Crippen molar-refractivity contribution in [2.75, 3.05) is 4.43 Å². The standard InChI is InChI=1S/C12H17IO/c13-10-6-2-5-9-12(14)11-7-3-1-4-8-11/h11H,1-4,6-8,10H2. The SMILES string of the molecule is O=C(C#CCCCI)C1CCCCC1. The van der Waals surface area contributed by atoms with Gasteiger partial charge in [0, 0.05) is 16.8 Å². The van der Waals surface area contributed by atoms with Crippen LogP contribution in [0.5, 0.6) is 0 Å². The van der Waals surface area contributed by atoms with E-state index in [9.17, 15) is 4.79 Å². The number of halogens is 1. The average Bonchev–Trinajstić information content (AvgIpc) is 2.25. The first-order chi connectivity index (χ1) is 6.84. The second-order valence-electron chi connectivity index (χ2n) is 3.79. The van der Waals surface area contributed by atoms with E-state index in [0.717, 1.165) is 30.1 Å². The molecule has 0 N–H and O–H groups in total. The molecule has 1 saturated carbocycles. The monoisotopic (exact) mass is 304 g/mol. The van der Waals surface area contributed by atoms with Crippen LogP contribution in [-0.4, -0.2) is 10.2 Å². The third-order valence-corrected chi connectivity index (χ3v) is 3.39. The van der Waals surface area contributed by atoms with Gasteiger partial charge >= 0.3 is 0 Å². The van der Waals surface area contributed by atoms with Gasteiger partial charge in [0.05, 0.1) is 0 Å². The first-order valence-electron chi connectivity index (χ1n) is 5.43. The van der Waals surface area contributed by atoms with Crippen molar-refractivity contribution in [2.24, 2.45) is 5.92 Å². The van der Waals surface area contributed by atoms with Crippen molar-refractivity contribution in [3.63, 3.8) is 0 Å². The predicted octanol–water partition coefficient (Wildman–Crippen LogP) is 3.35. The number of alkyl halides is 1. The summed E-state index contributed by atoms with van der Waals surface area (Å²) in [6.07, 6.45) is 7.84. The molecule has 0 radical (unpaired) electrons. The minimum Gasteiger partial charge on any atom is -0.285 e. The van der Waals surface area contributed by atoms with E-state index < -0.39 is 0 Å². The van der Waals surface area contributed by atoms with Crippen LogP contribution in [0.25, 0.3) is 0 Å². The Balaban J connectivity index is 2.27. The lowest BCUT2D eigenvalue weighted by molar-refractivity contribution is -0.118. The van der Waals surface area contributed by atoms with Gasteiger partial charge in [0.2, 0.25) is 5.78 Å². The van der Waals surface area contributed by atoms with Crippen LogP contribution in [-0.2, 0) is 4.79 Å². The maximum atomic E-state index is 11.6. The summed E-state index contributed by atoms with van der Waals surface area (Å²) >= 11 is 2.34. The first-order valence-corrected chi connectivity index (χ1v) is 6.96. The number of Topliss-reactive ketones (excluding diaryl/α,β-unsaturated/α-hetero) is 1. The van der Waals surface area contributed by atoms with Crippen LogP contribution >= 0.6 is 22.6 Å². The summed E-state index contributed by atoms with van der Waals surface area (Å²) in [5.74, 6) is 6.23. The molecule has 1 aliphatic rings. The van der Waals surface area contributed by atoms with Crippen LogP contribution in [0.1, 0.15) is 44.9 Å². The fraction of sp³-hybridized carbons (Fsp3) is 0.750. The molecule has 1 aliphatic carbocycles. The van der Waals surface area contributed by atoms with Gasteiger partial charge in [-0.15, -0.1) is 0 Å². The zero-order valence-corrected chi connectivity index (χ0v) is 10.7. The predicted molar refractivity (Wildman–Crippen MR) is 67.5 cm³/mol. The summed E-state index contributed by atoms with van der Waals surface area (Å²) in [6.45, 7) is 0. The number of unbranched alkanes of at least 4 members (excludes halogenated alkanes) is 1. The molecule has 0 atom stereocenters. The van der Waals surface area contributed by atoms with Crippen molar-refractivity contribution in [1.29, 1.82) is 0 Å². The molecule has 0 amide bonds. The van der Waals surface area contributed by atoms with E-state index in [1.54, 1.807) is 0 Å². The highest BCUT2D eigenvalue weighted by molar-refractivity contribution is 14.1. The van der Waals surface area contributed by atoms with E-state index in [1.165, 1.54) is 19.3 Å². The van der Waals surface area contributed by atoms with E-state index in [2.05, 4.69) is 34.4 Å². The number of carbonyl (C=O) groups excluding carboxylic acids is 1. The van der Waals surface area contributed by atoms with E-state index in [0.29, 0.717) is 0 Å². The molecule has 0 heterocycles. The highest BCUT2D eigenvalue weighted by atomic mass is 127. The van der Waals surface area contributed by atoms with Crippen LogP contribution < -0.4 is 0 Å². The molecular weight excluding hydrogens is 287 g/mol. The maximum absolute atomic E-state index is 11.6. The number of rotatable bonds is 3. The molecule has 0 spiro atoms. The zero-order chi connectivity index (χ0) is 10.2. The molecule has 2 heteroatoms. The van der Waals surface area contributed by atoms with Crippen molar-refractivity contribution < 1.29 is 4.79 Å². The largest absolute Gasteiger partial charge is 0.285 e. The lowest BCUT2D eigenvalue weighted by atomic mass is 9.86. The van der Waals surface area contributed by atoms with Crippen molar-refractivity contribution in [1.82, 2.24) is 0 Å². The van der Waals surface area contributed by atoms with Crippen LogP contribution in [0.2, 0.25) is 0 Å². The molecule has 0 saturated heterocycles. The van der Waals surface area contributed by atoms with Gasteiger partial charge < -0.3 is 0 Å². The lowest BCUT2D eigenvalue weighted by Crippen LogP contribution is -2.15. The first kappa shape index (κ1) is 12.0. The molecule has 0 aromatic carbocycles. The maximum Gasteiger partial charge on any atom is 0.208 e. The number of hydrogen-bond acceptors (Lipinski definition) is 1. The van der Waals surface area contributed by atoms with Gasteiger partial charge in [-0.2, -0.15) is 0 Å². The molecule has 0 aromatic heterocycles. The van der Waals surface area contributed by atoms with Crippen LogP contribution in [0, 0.1) is 17.8 Å². The number of carbonyl (C=O) groups is 1. The highest BCUT2D eigenvalue weighted by Crippen LogP contribution is 2.23. The number of hydrogen-bond donors (Lipinski definition) is 0. The third kappa shape index (κ3) is 4.45. The van der Waals surface area contributed by atoms with Gasteiger partial charge in [-0.3, -0.25) is 4.79 Å². The summed E-state index contributed by atoms with van der Waals surface area (Å²) in [4.78, 5) is 11.6. The zero-order valence-electron chi connectivity index (χ0n) is 8.52. The second kappa shape index (κ2) is 7.28. The van der Waals surface area contributed by atoms with Gasteiger partial charge in [0.1, 0.15) is 0 Å². The van der Waals surface area contributed by atoms with Gasteiger partial charge in [0.25, 0.3) is 0 Å². The van der Waals surface area contributed by atoms with E-state index in [1.807, 2.05) is 0 Å². The minimum atomic E-state index is 0.193. The lowest BCUT2D eigenvalue weighted by Gasteiger charge is -2.17. The third-order valence-electron chi connectivity index (χ3n) is 2.62. The molecule has 14 heavy (non-hydrogen) atoms. The van der Waals surface area contributed by atoms with Crippen LogP contribution in [0.3, 0.4) is 0 Å². The second-order valence-corrected chi connectivity index (χ2v) is 4.87. The van der Waals surface area contributed by atoms with Crippen molar-refractivity contribution >= 4 is 28.4 Å². The Kier molecular flexibility index (Phi) is 6.25. The smallest absolute Gasteiger partial charge is 0.208 e. The molecule has 0 unspecified atom stereocenters. The summed E-state index contributed by atoms with van der Waals surface area (Å²) in [5, 5.41) is 0. The number of ketones is 1. The molecule has 0 bridgehead atoms. The summed E-state index contributed by atoms with van der Waals surface area (Å²) in [7, 11) is 0. The Morgan fingerprint density at radius 3 is 2.64 bits per heavy atom. The van der Waals surface area contributed by atoms with Crippen LogP contribution in [0.4, 0.5) is 0 Å². The quantitative estimate of drug-likeness (QED) is 0.257. The van der Waals surface area contributed by atoms with E-state index in [4.69, 9.17) is 0 Å².